The smallest absolute Gasteiger partial charge is 0.306 e. The maximum absolute atomic E-state index is 12.9. The minimum Gasteiger partial charge on any atom is -0.462 e. The molecule has 0 aliphatic heterocycles. The van der Waals surface area contributed by atoms with Crippen LogP contribution in [0.1, 0.15) is 245 Å². The third-order valence-electron chi connectivity index (χ3n) is 12.1. The molecule has 1 atom stereocenters. The number of hydrogen-bond donors (Lipinski definition) is 0. The van der Waals surface area contributed by atoms with E-state index >= 15 is 0 Å². The van der Waals surface area contributed by atoms with Crippen molar-refractivity contribution in [2.24, 2.45) is 0 Å². The van der Waals surface area contributed by atoms with Crippen molar-refractivity contribution < 1.29 is 28.6 Å². The van der Waals surface area contributed by atoms with E-state index in [1.54, 1.807) is 0 Å². The normalized spacial score (nSPS) is 13.2. The number of carbonyl (C=O) groups excluding carboxylic acids is 3. The van der Waals surface area contributed by atoms with E-state index in [1.807, 2.05) is 12.2 Å². The molecule has 74 heavy (non-hydrogen) atoms. The summed E-state index contributed by atoms with van der Waals surface area (Å²) in [5, 5.41) is 0. The Kier molecular flexibility index (Phi) is 57.0. The summed E-state index contributed by atoms with van der Waals surface area (Å²) in [6, 6.07) is 0. The topological polar surface area (TPSA) is 78.9 Å². The number of hydrogen-bond acceptors (Lipinski definition) is 6. The average Bonchev–Trinajstić information content (AvgIpc) is 3.40. The molecule has 6 heteroatoms. The average molecular weight is 1020 g/mol. The Morgan fingerprint density at radius 1 is 0.284 bits per heavy atom. The van der Waals surface area contributed by atoms with E-state index in [4.69, 9.17) is 14.2 Å². The zero-order valence-electron chi connectivity index (χ0n) is 47.5. The third kappa shape index (κ3) is 58.2. The van der Waals surface area contributed by atoms with Gasteiger partial charge >= 0.3 is 17.9 Å². The van der Waals surface area contributed by atoms with Crippen LogP contribution in [-0.4, -0.2) is 37.2 Å². The van der Waals surface area contributed by atoms with E-state index in [-0.39, 0.29) is 37.5 Å². The fraction of sp³-hybridized carbons (Fsp3) is 0.603. The van der Waals surface area contributed by atoms with Gasteiger partial charge in [0.2, 0.25) is 0 Å². The van der Waals surface area contributed by atoms with Gasteiger partial charge in [-0.15, -0.1) is 0 Å². The zero-order valence-corrected chi connectivity index (χ0v) is 47.5. The predicted molar refractivity (Wildman–Crippen MR) is 320 cm³/mol. The Labute approximate surface area is 455 Å². The predicted octanol–water partition coefficient (Wildman–Crippen LogP) is 20.4. The van der Waals surface area contributed by atoms with Crippen LogP contribution in [0.2, 0.25) is 0 Å². The van der Waals surface area contributed by atoms with Crippen molar-refractivity contribution in [3.8, 4) is 0 Å². The summed E-state index contributed by atoms with van der Waals surface area (Å²) in [5.41, 5.74) is 0. The summed E-state index contributed by atoms with van der Waals surface area (Å²) in [4.78, 5) is 38.2. The molecule has 0 heterocycles. The largest absolute Gasteiger partial charge is 0.462 e. The van der Waals surface area contributed by atoms with Gasteiger partial charge in [0, 0.05) is 19.3 Å². The Morgan fingerprint density at radius 3 is 0.932 bits per heavy atom. The van der Waals surface area contributed by atoms with E-state index < -0.39 is 6.10 Å². The van der Waals surface area contributed by atoms with Crippen LogP contribution in [-0.2, 0) is 28.6 Å². The van der Waals surface area contributed by atoms with Gasteiger partial charge in [-0.05, 0) is 128 Å². The molecule has 1 unspecified atom stereocenters. The molecule has 0 rings (SSSR count). The standard InChI is InChI=1S/C68H108O6/c1-4-7-10-13-16-19-22-25-27-29-31-32-33-34-35-36-37-39-40-43-46-49-52-55-58-61-67(70)73-64-65(63-72-66(69)60-57-54-51-48-45-42-24-21-18-15-12-9-6-3)74-68(71)62-59-56-53-50-47-44-41-38-30-28-26-23-20-17-14-11-8-5-2/h7,9-10,12,16,18-19,21,25,27-28,30-32,34-35,37,39,42-43,45-46,51,54,65H,4-6,8,11,13-15,17,20,22-24,26,29,33,36,38,40-41,44,47-50,52-53,55-64H2,1-3H3/b10-7-,12-9-,19-16-,21-18-,27-25-,30-28-,32-31-,35-34-,39-37-,45-42-,46-43-,54-51-. The van der Waals surface area contributed by atoms with Crippen LogP contribution in [0.5, 0.6) is 0 Å². The van der Waals surface area contributed by atoms with Crippen molar-refractivity contribution in [1.82, 2.24) is 0 Å². The molecule has 0 saturated heterocycles. The van der Waals surface area contributed by atoms with Crippen molar-refractivity contribution in [2.45, 2.75) is 252 Å². The molecule has 416 valence electrons. The fourth-order valence-electron chi connectivity index (χ4n) is 7.67. The van der Waals surface area contributed by atoms with Crippen LogP contribution >= 0.6 is 0 Å². The molecule has 0 aliphatic carbocycles. The molecule has 6 nitrogen and oxygen atoms in total. The van der Waals surface area contributed by atoms with Crippen molar-refractivity contribution in [1.29, 1.82) is 0 Å². The number of ether oxygens (including phenoxy) is 3. The van der Waals surface area contributed by atoms with Gasteiger partial charge in [-0.3, -0.25) is 14.4 Å². The molecular formula is C68H108O6. The molecule has 0 aliphatic rings. The summed E-state index contributed by atoms with van der Waals surface area (Å²) < 4.78 is 16.8. The molecule has 0 radical (unpaired) electrons. The first-order valence-electron chi connectivity index (χ1n) is 29.8. The van der Waals surface area contributed by atoms with Gasteiger partial charge in [0.25, 0.3) is 0 Å². The molecule has 0 fully saturated rings. The van der Waals surface area contributed by atoms with Crippen LogP contribution in [0.25, 0.3) is 0 Å². The molecule has 0 spiro atoms. The minimum absolute atomic E-state index is 0.125. The number of esters is 3. The van der Waals surface area contributed by atoms with Crippen LogP contribution in [0.3, 0.4) is 0 Å². The summed E-state index contributed by atoms with van der Waals surface area (Å²) in [6.45, 7) is 6.30. The van der Waals surface area contributed by atoms with Gasteiger partial charge in [0.15, 0.2) is 6.10 Å². The lowest BCUT2D eigenvalue weighted by atomic mass is 10.1. The second-order valence-corrected chi connectivity index (χ2v) is 19.1. The van der Waals surface area contributed by atoms with E-state index in [9.17, 15) is 14.4 Å². The van der Waals surface area contributed by atoms with Gasteiger partial charge in [0.1, 0.15) is 13.2 Å². The monoisotopic (exact) mass is 1020 g/mol. The van der Waals surface area contributed by atoms with Crippen molar-refractivity contribution in [3.63, 3.8) is 0 Å². The Bertz CT molecular complexity index is 1640. The highest BCUT2D eigenvalue weighted by atomic mass is 16.6. The van der Waals surface area contributed by atoms with E-state index in [0.717, 1.165) is 116 Å². The highest BCUT2D eigenvalue weighted by Crippen LogP contribution is 2.14. The summed E-state index contributed by atoms with van der Waals surface area (Å²) in [6.07, 6.45) is 87.2. The second kappa shape index (κ2) is 60.8. The Balaban J connectivity index is 4.50. The van der Waals surface area contributed by atoms with E-state index in [0.29, 0.717) is 19.3 Å². The molecule has 0 N–H and O–H groups in total. The molecule has 0 aromatic heterocycles. The number of unbranched alkanes of at least 4 members (excludes halogenated alkanes) is 17. The Morgan fingerprint density at radius 2 is 0.554 bits per heavy atom. The fourth-order valence-corrected chi connectivity index (χ4v) is 7.67. The number of allylic oxidation sites excluding steroid dienone is 24. The minimum atomic E-state index is -0.830. The van der Waals surface area contributed by atoms with Gasteiger partial charge < -0.3 is 14.2 Å². The van der Waals surface area contributed by atoms with Crippen LogP contribution in [0.4, 0.5) is 0 Å². The molecule has 0 aromatic rings. The van der Waals surface area contributed by atoms with Gasteiger partial charge in [0.05, 0.1) is 0 Å². The highest BCUT2D eigenvalue weighted by molar-refractivity contribution is 5.71. The van der Waals surface area contributed by atoms with Gasteiger partial charge in [-0.25, -0.2) is 0 Å². The number of rotatable bonds is 52. The first-order valence-corrected chi connectivity index (χ1v) is 29.8. The molecule has 0 saturated carbocycles. The summed E-state index contributed by atoms with van der Waals surface area (Å²) in [5.74, 6) is -1.05. The molecule has 0 aromatic carbocycles. The van der Waals surface area contributed by atoms with Crippen LogP contribution < -0.4 is 0 Å². The van der Waals surface area contributed by atoms with E-state index in [1.165, 1.54) is 83.5 Å². The van der Waals surface area contributed by atoms with Crippen LogP contribution in [0, 0.1) is 0 Å². The molecule has 0 bridgehead atoms. The lowest BCUT2D eigenvalue weighted by Crippen LogP contribution is -2.30. The second-order valence-electron chi connectivity index (χ2n) is 19.1. The molecular weight excluding hydrogens is 913 g/mol. The maximum atomic E-state index is 12.9. The number of carbonyl (C=O) groups is 3. The Hall–Kier alpha value is -4.71. The first-order chi connectivity index (χ1) is 36.5. The van der Waals surface area contributed by atoms with Crippen molar-refractivity contribution in [3.05, 3.63) is 146 Å². The SMILES string of the molecule is CC/C=C\C/C=C\C/C=C\C/C=C\C/C=C\C/C=C\C/C=C\CCCCCC(=O)OCC(COC(=O)CC/C=C\C/C=C\C/C=C\C/C=C\CC)OC(=O)CCCCCCCCC/C=C\CCCCCCCCC. The third-order valence-corrected chi connectivity index (χ3v) is 12.1. The summed E-state index contributed by atoms with van der Waals surface area (Å²) >= 11 is 0. The van der Waals surface area contributed by atoms with Gasteiger partial charge in [-0.2, -0.15) is 0 Å². The lowest BCUT2D eigenvalue weighted by Gasteiger charge is -2.18. The first kappa shape index (κ1) is 69.3. The van der Waals surface area contributed by atoms with Crippen molar-refractivity contribution >= 4 is 17.9 Å². The highest BCUT2D eigenvalue weighted by Gasteiger charge is 2.19. The van der Waals surface area contributed by atoms with E-state index in [2.05, 4.69) is 154 Å². The van der Waals surface area contributed by atoms with Gasteiger partial charge in [-0.1, -0.05) is 244 Å². The summed E-state index contributed by atoms with van der Waals surface area (Å²) in [7, 11) is 0. The lowest BCUT2D eigenvalue weighted by molar-refractivity contribution is -0.166. The van der Waals surface area contributed by atoms with Crippen LogP contribution in [0.15, 0.2) is 146 Å². The zero-order chi connectivity index (χ0) is 53.6. The maximum Gasteiger partial charge on any atom is 0.306 e. The van der Waals surface area contributed by atoms with Crippen molar-refractivity contribution in [2.75, 3.05) is 13.2 Å². The molecule has 0 amide bonds. The quantitative estimate of drug-likeness (QED) is 0.0261.